The van der Waals surface area contributed by atoms with Crippen LogP contribution < -0.4 is 5.32 Å². The Bertz CT molecular complexity index is 1080. The number of benzene rings is 2. The summed E-state index contributed by atoms with van der Waals surface area (Å²) in [5, 5.41) is 13.6. The molecule has 0 saturated carbocycles. The molecule has 3 N–H and O–H groups in total. The summed E-state index contributed by atoms with van der Waals surface area (Å²) in [6.45, 7) is 1.71. The number of nitrogens with zero attached hydrogens (tertiary/aromatic N) is 2. The molecule has 6 heteroatoms. The fraction of sp³-hybridized carbons (Fsp3) is 0.143. The monoisotopic (exact) mass is 362 g/mol. The molecule has 0 amide bonds. The maximum atomic E-state index is 13.8. The smallest absolute Gasteiger partial charge is 0.143 e. The molecule has 2 aromatic heterocycles. The molecule has 0 saturated heterocycles. The van der Waals surface area contributed by atoms with E-state index < -0.39 is 5.82 Å². The van der Waals surface area contributed by atoms with Gasteiger partial charge in [0.1, 0.15) is 23.6 Å². The Balaban J connectivity index is 1.78. The van der Waals surface area contributed by atoms with Gasteiger partial charge in [0.2, 0.25) is 0 Å². The van der Waals surface area contributed by atoms with Crippen molar-refractivity contribution in [1.29, 1.82) is 0 Å². The van der Waals surface area contributed by atoms with Crippen LogP contribution in [0.2, 0.25) is 0 Å². The van der Waals surface area contributed by atoms with Gasteiger partial charge in [0.15, 0.2) is 0 Å². The predicted molar refractivity (Wildman–Crippen MR) is 104 cm³/mol. The highest BCUT2D eigenvalue weighted by Crippen LogP contribution is 2.34. The third-order valence-electron chi connectivity index (χ3n) is 4.65. The van der Waals surface area contributed by atoms with Crippen LogP contribution in [0.4, 0.5) is 10.2 Å². The Morgan fingerprint density at radius 2 is 1.96 bits per heavy atom. The number of halogens is 1. The number of anilines is 1. The average Bonchev–Trinajstić information content (AvgIpc) is 3.14. The van der Waals surface area contributed by atoms with Crippen molar-refractivity contribution >= 4 is 16.9 Å². The van der Waals surface area contributed by atoms with E-state index in [1.54, 1.807) is 12.1 Å². The van der Waals surface area contributed by atoms with Crippen molar-refractivity contribution in [1.82, 2.24) is 15.0 Å². The van der Waals surface area contributed by atoms with E-state index >= 15 is 0 Å². The molecule has 1 atom stereocenters. The molecule has 0 bridgehead atoms. The number of aliphatic hydroxyl groups excluding tert-OH is 1. The standard InChI is InChI=1S/C21H19FN4O/c1-13(14-5-3-2-4-6-14)26-21-19-17(10-23-20(19)24-12-25-21)15-7-8-18(22)16(9-15)11-27/h2-10,12-13,27H,11H2,1H3,(H2,23,24,25,26)/t13-/m1/s1. The van der Waals surface area contributed by atoms with E-state index in [0.29, 0.717) is 11.5 Å². The third-order valence-corrected chi connectivity index (χ3v) is 4.65. The topological polar surface area (TPSA) is 73.8 Å². The number of hydrogen-bond acceptors (Lipinski definition) is 4. The molecule has 0 unspecified atom stereocenters. The molecule has 2 heterocycles. The molecule has 136 valence electrons. The molecule has 4 aromatic rings. The molecular weight excluding hydrogens is 343 g/mol. The van der Waals surface area contributed by atoms with Crippen molar-refractivity contribution < 1.29 is 9.50 Å². The fourth-order valence-corrected chi connectivity index (χ4v) is 3.19. The number of H-pyrrole nitrogens is 1. The summed E-state index contributed by atoms with van der Waals surface area (Å²) in [5.74, 6) is 0.274. The molecule has 0 aliphatic carbocycles. The highest BCUT2D eigenvalue weighted by Gasteiger charge is 2.16. The molecule has 0 spiro atoms. The average molecular weight is 362 g/mol. The Hall–Kier alpha value is -3.25. The summed E-state index contributed by atoms with van der Waals surface area (Å²) in [7, 11) is 0. The van der Waals surface area contributed by atoms with Gasteiger partial charge in [-0.3, -0.25) is 0 Å². The van der Waals surface area contributed by atoms with Crippen LogP contribution in [0.15, 0.2) is 61.1 Å². The quantitative estimate of drug-likeness (QED) is 0.491. The SMILES string of the molecule is C[C@@H](Nc1ncnc2[nH]cc(-c3ccc(F)c(CO)c3)c12)c1ccccc1. The number of nitrogens with one attached hydrogen (secondary N) is 2. The Morgan fingerprint density at radius 1 is 1.15 bits per heavy atom. The summed E-state index contributed by atoms with van der Waals surface area (Å²) >= 11 is 0. The molecule has 0 fully saturated rings. The zero-order chi connectivity index (χ0) is 18.8. The lowest BCUT2D eigenvalue weighted by atomic mass is 10.0. The van der Waals surface area contributed by atoms with Gasteiger partial charge >= 0.3 is 0 Å². The van der Waals surface area contributed by atoms with Crippen molar-refractivity contribution in [2.24, 2.45) is 0 Å². The lowest BCUT2D eigenvalue weighted by molar-refractivity contribution is 0.276. The zero-order valence-corrected chi connectivity index (χ0v) is 14.8. The number of rotatable bonds is 5. The molecule has 4 rings (SSSR count). The van der Waals surface area contributed by atoms with E-state index in [2.05, 4.69) is 39.3 Å². The summed E-state index contributed by atoms with van der Waals surface area (Å²) < 4.78 is 13.8. The van der Waals surface area contributed by atoms with Gasteiger partial charge in [-0.1, -0.05) is 36.4 Å². The minimum atomic E-state index is -0.423. The number of aromatic nitrogens is 3. The highest BCUT2D eigenvalue weighted by molar-refractivity contribution is 6.01. The first-order chi connectivity index (χ1) is 13.2. The van der Waals surface area contributed by atoms with Crippen LogP contribution in [0.3, 0.4) is 0 Å². The van der Waals surface area contributed by atoms with Crippen LogP contribution in [-0.2, 0) is 6.61 Å². The molecule has 5 nitrogen and oxygen atoms in total. The van der Waals surface area contributed by atoms with Gasteiger partial charge in [-0.05, 0) is 30.2 Å². The van der Waals surface area contributed by atoms with Crippen LogP contribution in [0.5, 0.6) is 0 Å². The lowest BCUT2D eigenvalue weighted by Crippen LogP contribution is -2.08. The van der Waals surface area contributed by atoms with E-state index in [4.69, 9.17) is 0 Å². The van der Waals surface area contributed by atoms with Gasteiger partial charge in [-0.2, -0.15) is 0 Å². The summed E-state index contributed by atoms with van der Waals surface area (Å²) in [4.78, 5) is 11.9. The van der Waals surface area contributed by atoms with E-state index in [-0.39, 0.29) is 18.2 Å². The Kier molecular flexibility index (Phi) is 4.56. The molecule has 0 aliphatic rings. The first-order valence-electron chi connectivity index (χ1n) is 8.70. The van der Waals surface area contributed by atoms with Crippen LogP contribution in [-0.4, -0.2) is 20.1 Å². The van der Waals surface area contributed by atoms with Gasteiger partial charge in [0.05, 0.1) is 12.0 Å². The number of aromatic amines is 1. The van der Waals surface area contributed by atoms with Crippen molar-refractivity contribution in [3.8, 4) is 11.1 Å². The first-order valence-corrected chi connectivity index (χ1v) is 8.70. The Labute approximate surface area is 155 Å². The molecular formula is C21H19FN4O. The molecule has 2 aromatic carbocycles. The van der Waals surface area contributed by atoms with Crippen molar-refractivity contribution in [2.45, 2.75) is 19.6 Å². The third kappa shape index (κ3) is 3.27. The molecule has 27 heavy (non-hydrogen) atoms. The van der Waals surface area contributed by atoms with Crippen molar-refractivity contribution in [2.75, 3.05) is 5.32 Å². The normalized spacial score (nSPS) is 12.3. The summed E-state index contributed by atoms with van der Waals surface area (Å²) in [6, 6.07) is 14.8. The maximum absolute atomic E-state index is 13.8. The molecule has 0 radical (unpaired) electrons. The summed E-state index contributed by atoms with van der Waals surface area (Å²) in [5.41, 5.74) is 3.73. The highest BCUT2D eigenvalue weighted by atomic mass is 19.1. The van der Waals surface area contributed by atoms with Crippen molar-refractivity contribution in [3.63, 3.8) is 0 Å². The number of hydrogen-bond donors (Lipinski definition) is 3. The van der Waals surface area contributed by atoms with Gasteiger partial charge in [-0.25, -0.2) is 14.4 Å². The fourth-order valence-electron chi connectivity index (χ4n) is 3.19. The van der Waals surface area contributed by atoms with Gasteiger partial charge in [-0.15, -0.1) is 0 Å². The second-order valence-electron chi connectivity index (χ2n) is 6.39. The maximum Gasteiger partial charge on any atom is 0.143 e. The second-order valence-corrected chi connectivity index (χ2v) is 6.39. The van der Waals surface area contributed by atoms with E-state index in [1.807, 2.05) is 24.4 Å². The Morgan fingerprint density at radius 3 is 2.74 bits per heavy atom. The van der Waals surface area contributed by atoms with Crippen LogP contribution >= 0.6 is 0 Å². The predicted octanol–water partition coefficient (Wildman–Crippen LogP) is 4.43. The van der Waals surface area contributed by atoms with Crippen LogP contribution in [0.1, 0.15) is 24.1 Å². The minimum absolute atomic E-state index is 0.0493. The van der Waals surface area contributed by atoms with Gasteiger partial charge in [0.25, 0.3) is 0 Å². The van der Waals surface area contributed by atoms with Crippen LogP contribution in [0, 0.1) is 5.82 Å². The first kappa shape index (κ1) is 17.2. The number of fused-ring (bicyclic) bond motifs is 1. The van der Waals surface area contributed by atoms with E-state index in [9.17, 15) is 9.50 Å². The van der Waals surface area contributed by atoms with Gasteiger partial charge < -0.3 is 15.4 Å². The lowest BCUT2D eigenvalue weighted by Gasteiger charge is -2.16. The van der Waals surface area contributed by atoms with Crippen LogP contribution in [0.25, 0.3) is 22.2 Å². The van der Waals surface area contributed by atoms with Gasteiger partial charge in [0, 0.05) is 23.4 Å². The minimum Gasteiger partial charge on any atom is -0.392 e. The largest absolute Gasteiger partial charge is 0.392 e. The number of aliphatic hydroxyl groups is 1. The van der Waals surface area contributed by atoms with Crippen molar-refractivity contribution in [3.05, 3.63) is 78.0 Å². The second kappa shape index (κ2) is 7.17. The van der Waals surface area contributed by atoms with E-state index in [0.717, 1.165) is 22.1 Å². The zero-order valence-electron chi connectivity index (χ0n) is 14.8. The summed E-state index contributed by atoms with van der Waals surface area (Å²) in [6.07, 6.45) is 3.33. The molecule has 0 aliphatic heterocycles. The van der Waals surface area contributed by atoms with E-state index in [1.165, 1.54) is 12.4 Å².